The van der Waals surface area contributed by atoms with Crippen LogP contribution in [0.2, 0.25) is 0 Å². The zero-order chi connectivity index (χ0) is 31.2. The van der Waals surface area contributed by atoms with Gasteiger partial charge in [0.15, 0.2) is 0 Å². The Kier molecular flexibility index (Phi) is 8.86. The average molecular weight is 606 g/mol. The number of aliphatic hydroxyl groups is 7. The maximum atomic E-state index is 10.4. The predicted molar refractivity (Wildman–Crippen MR) is 159 cm³/mol. The van der Waals surface area contributed by atoms with E-state index in [1.54, 1.807) is 0 Å². The molecule has 3 fully saturated rings. The largest absolute Gasteiger partial charge is 0.394 e. The first kappa shape index (κ1) is 31.2. The van der Waals surface area contributed by atoms with E-state index in [1.165, 1.54) is 0 Å². The number of ether oxygens (including phenoxy) is 2. The van der Waals surface area contributed by atoms with E-state index in [2.05, 4.69) is 35.8 Å². The molecule has 234 valence electrons. The summed E-state index contributed by atoms with van der Waals surface area (Å²) in [7, 11) is 0. The van der Waals surface area contributed by atoms with Crippen molar-refractivity contribution in [2.24, 2.45) is 5.73 Å². The third-order valence-corrected chi connectivity index (χ3v) is 9.61. The van der Waals surface area contributed by atoms with Gasteiger partial charge in [0.05, 0.1) is 25.4 Å². The Bertz CT molecular complexity index is 1500. The molecule has 9 atom stereocenters. The highest BCUT2D eigenvalue weighted by atomic mass is 16.5. The van der Waals surface area contributed by atoms with E-state index in [4.69, 9.17) is 15.2 Å². The van der Waals surface area contributed by atoms with Crippen molar-refractivity contribution >= 4 is 0 Å². The fraction of sp³-hybridized carbons (Fsp3) is 0.529. The molecule has 9 N–H and O–H groups in total. The van der Waals surface area contributed by atoms with Crippen LogP contribution in [-0.2, 0) is 14.9 Å². The molecule has 0 radical (unpaired) electrons. The smallest absolute Gasteiger partial charge is 0.147 e. The first-order valence-electron chi connectivity index (χ1n) is 15.2. The second-order valence-corrected chi connectivity index (χ2v) is 12.4. The van der Waals surface area contributed by atoms with Crippen LogP contribution in [0.1, 0.15) is 54.4 Å². The number of benzene rings is 2. The first-order chi connectivity index (χ1) is 21.1. The Balaban J connectivity index is 1.32. The van der Waals surface area contributed by atoms with E-state index in [-0.39, 0.29) is 24.5 Å². The number of fused-ring (bicyclic) bond motifs is 5. The molecule has 2 aliphatic heterocycles. The second kappa shape index (κ2) is 12.5. The van der Waals surface area contributed by atoms with Crippen LogP contribution in [0.15, 0.2) is 36.4 Å². The van der Waals surface area contributed by atoms with Crippen LogP contribution < -0.4 is 5.73 Å². The molecule has 0 aromatic heterocycles. The molecular formula is C34H39NO9. The Morgan fingerprint density at radius 2 is 1.30 bits per heavy atom. The van der Waals surface area contributed by atoms with Gasteiger partial charge < -0.3 is 51.0 Å². The third-order valence-electron chi connectivity index (χ3n) is 9.61. The molecule has 2 aromatic carbocycles. The van der Waals surface area contributed by atoms with Crippen LogP contribution in [0.25, 0.3) is 11.1 Å². The van der Waals surface area contributed by atoms with E-state index in [0.29, 0.717) is 5.56 Å². The summed E-state index contributed by atoms with van der Waals surface area (Å²) < 4.78 is 11.3. The van der Waals surface area contributed by atoms with Crippen molar-refractivity contribution < 1.29 is 45.2 Å². The van der Waals surface area contributed by atoms with E-state index in [0.717, 1.165) is 53.5 Å². The van der Waals surface area contributed by atoms with Crippen molar-refractivity contribution in [3.05, 3.63) is 58.7 Å². The van der Waals surface area contributed by atoms with Gasteiger partial charge in [-0.1, -0.05) is 35.8 Å². The molecule has 10 nitrogen and oxygen atoms in total. The molecule has 1 saturated carbocycles. The normalized spacial score (nSPS) is 37.7. The molecule has 10 heteroatoms. The summed E-state index contributed by atoms with van der Waals surface area (Å²) in [6.45, 7) is -0.782. The topological polar surface area (TPSA) is 186 Å². The van der Waals surface area contributed by atoms with E-state index >= 15 is 0 Å². The minimum atomic E-state index is -1.49. The second-order valence-electron chi connectivity index (χ2n) is 12.4. The summed E-state index contributed by atoms with van der Waals surface area (Å²) >= 11 is 0. The standard InChI is InChI=1S/C34H39NO9/c35-20-9-11-34(12-10-20)24-13-18(3-7-27-30(39)26(38)15-21(16-36)43-27)1-5-22(24)23-6-2-19(14-25(23)34)4-8-28-31(40)33(42)32(41)29(17-37)44-28/h1-2,5-6,13-14,20-21,26-33,36-42H,9-12,15-17,35H2/t20?,21?,26?,27?,28?,29?,30?,31?,32-,33?,34?/m1/s1. The summed E-state index contributed by atoms with van der Waals surface area (Å²) in [4.78, 5) is 0. The maximum absolute atomic E-state index is 10.4. The van der Waals surface area contributed by atoms with Crippen LogP contribution in [0, 0.1) is 23.7 Å². The van der Waals surface area contributed by atoms with Crippen molar-refractivity contribution in [1.82, 2.24) is 0 Å². The van der Waals surface area contributed by atoms with E-state index < -0.39 is 61.5 Å². The van der Waals surface area contributed by atoms with Crippen LogP contribution in [-0.4, -0.2) is 110 Å². The Morgan fingerprint density at radius 1 is 0.727 bits per heavy atom. The third kappa shape index (κ3) is 5.57. The molecular weight excluding hydrogens is 566 g/mol. The van der Waals surface area contributed by atoms with Gasteiger partial charge in [-0.25, -0.2) is 0 Å². The van der Waals surface area contributed by atoms with Crippen molar-refractivity contribution in [3.8, 4) is 34.8 Å². The number of hydrogen-bond acceptors (Lipinski definition) is 10. The van der Waals surface area contributed by atoms with Crippen molar-refractivity contribution in [2.45, 2.75) is 98.5 Å². The molecule has 2 saturated heterocycles. The highest BCUT2D eigenvalue weighted by Crippen LogP contribution is 2.55. The quantitative estimate of drug-likeness (QED) is 0.203. The van der Waals surface area contributed by atoms with Crippen LogP contribution >= 0.6 is 0 Å². The SMILES string of the molecule is NC1CCC2(CC1)c1cc(C#CC3OC(CO)CC(O)C3O)ccc1-c1ccc(C#CC3OC(CO)[C@@H](O)C(O)C3O)cc12. The lowest BCUT2D eigenvalue weighted by Crippen LogP contribution is -2.58. The molecule has 0 bridgehead atoms. The molecule has 2 heterocycles. The van der Waals surface area contributed by atoms with Gasteiger partial charge in [0, 0.05) is 29.0 Å². The van der Waals surface area contributed by atoms with Gasteiger partial charge in [0.1, 0.15) is 42.7 Å². The molecule has 2 aliphatic carbocycles. The maximum Gasteiger partial charge on any atom is 0.147 e. The molecule has 6 rings (SSSR count). The van der Waals surface area contributed by atoms with Gasteiger partial charge in [-0.2, -0.15) is 0 Å². The van der Waals surface area contributed by atoms with Gasteiger partial charge in [-0.05, 0) is 72.2 Å². The van der Waals surface area contributed by atoms with Gasteiger partial charge in [-0.15, -0.1) is 0 Å². The minimum absolute atomic E-state index is 0.112. The summed E-state index contributed by atoms with van der Waals surface area (Å²) in [5.41, 5.74) is 11.9. The predicted octanol–water partition coefficient (Wildman–Crippen LogP) is -0.729. The summed E-state index contributed by atoms with van der Waals surface area (Å²) in [6.07, 6.45) is -6.66. The van der Waals surface area contributed by atoms with Crippen molar-refractivity contribution in [2.75, 3.05) is 13.2 Å². The zero-order valence-electron chi connectivity index (χ0n) is 24.2. The fourth-order valence-corrected chi connectivity index (χ4v) is 7.04. The highest BCUT2D eigenvalue weighted by molar-refractivity contribution is 5.82. The molecule has 0 amide bonds. The molecule has 44 heavy (non-hydrogen) atoms. The Morgan fingerprint density at radius 3 is 1.84 bits per heavy atom. The van der Waals surface area contributed by atoms with Crippen LogP contribution in [0.3, 0.4) is 0 Å². The van der Waals surface area contributed by atoms with Crippen LogP contribution in [0.4, 0.5) is 0 Å². The molecule has 1 spiro atoms. The summed E-state index contributed by atoms with van der Waals surface area (Å²) in [5.74, 6) is 12.0. The number of hydrogen-bond donors (Lipinski definition) is 8. The fourth-order valence-electron chi connectivity index (χ4n) is 7.04. The first-order valence-corrected chi connectivity index (χ1v) is 15.2. The van der Waals surface area contributed by atoms with Crippen LogP contribution in [0.5, 0.6) is 0 Å². The van der Waals surface area contributed by atoms with Crippen molar-refractivity contribution in [3.63, 3.8) is 0 Å². The average Bonchev–Trinajstić information content (AvgIpc) is 3.29. The highest BCUT2D eigenvalue weighted by Gasteiger charge is 2.46. The lowest BCUT2D eigenvalue weighted by Gasteiger charge is -2.38. The Labute approximate surface area is 256 Å². The molecule has 8 unspecified atom stereocenters. The number of nitrogens with two attached hydrogens (primary N) is 1. The van der Waals surface area contributed by atoms with Gasteiger partial charge in [0.2, 0.25) is 0 Å². The summed E-state index contributed by atoms with van der Waals surface area (Å²) in [6, 6.07) is 12.1. The summed E-state index contributed by atoms with van der Waals surface area (Å²) in [5, 5.41) is 70.2. The minimum Gasteiger partial charge on any atom is -0.394 e. The molecule has 2 aromatic rings. The van der Waals surface area contributed by atoms with E-state index in [1.807, 2.05) is 24.3 Å². The lowest BCUT2D eigenvalue weighted by molar-refractivity contribution is -0.214. The van der Waals surface area contributed by atoms with Crippen molar-refractivity contribution in [1.29, 1.82) is 0 Å². The van der Waals surface area contributed by atoms with Gasteiger partial charge in [-0.3, -0.25) is 0 Å². The monoisotopic (exact) mass is 605 g/mol. The van der Waals surface area contributed by atoms with Gasteiger partial charge >= 0.3 is 0 Å². The number of rotatable bonds is 2. The number of aliphatic hydroxyl groups excluding tert-OH is 7. The van der Waals surface area contributed by atoms with E-state index in [9.17, 15) is 35.7 Å². The molecule has 4 aliphatic rings. The van der Waals surface area contributed by atoms with Gasteiger partial charge in [0.25, 0.3) is 0 Å². The zero-order valence-corrected chi connectivity index (χ0v) is 24.2. The Hall–Kier alpha value is -2.84. The lowest BCUT2D eigenvalue weighted by atomic mass is 9.66.